The number of nitrogen functional groups attached to an aromatic ring is 1. The number of hydrogen-bond acceptors (Lipinski definition) is 4. The van der Waals surface area contributed by atoms with E-state index in [4.69, 9.17) is 10.5 Å². The van der Waals surface area contributed by atoms with Crippen molar-refractivity contribution in [3.63, 3.8) is 0 Å². The number of benzene rings is 3. The fourth-order valence-corrected chi connectivity index (χ4v) is 3.62. The van der Waals surface area contributed by atoms with Crippen LogP contribution in [0.5, 0.6) is 5.75 Å². The summed E-state index contributed by atoms with van der Waals surface area (Å²) >= 11 is 0. The number of para-hydroxylation sites is 1. The molecular weight excluding hydrogens is 379 g/mol. The highest BCUT2D eigenvalue weighted by atomic mass is 19.1. The molecule has 2 unspecified atom stereocenters. The topological polar surface area (TPSA) is 64.4 Å². The number of nitrogens with one attached hydrogen (secondary N) is 1. The quantitative estimate of drug-likeness (QED) is 0.316. The van der Waals surface area contributed by atoms with Crippen LogP contribution < -0.4 is 15.8 Å². The lowest BCUT2D eigenvalue weighted by molar-refractivity contribution is 0.0993. The maximum absolute atomic E-state index is 13.0. The lowest BCUT2D eigenvalue weighted by Gasteiger charge is -2.09. The molecule has 3 aromatic rings. The molecule has 1 saturated carbocycles. The largest absolute Gasteiger partial charge is 0.492 e. The van der Waals surface area contributed by atoms with E-state index in [1.165, 1.54) is 17.7 Å². The van der Waals surface area contributed by atoms with Crippen LogP contribution in [0.25, 0.3) is 0 Å². The zero-order chi connectivity index (χ0) is 20.9. The first-order valence-corrected chi connectivity index (χ1v) is 10.2. The van der Waals surface area contributed by atoms with Gasteiger partial charge in [-0.1, -0.05) is 30.3 Å². The number of carbonyl (C=O) groups is 1. The lowest BCUT2D eigenvalue weighted by atomic mass is 10.0. The van der Waals surface area contributed by atoms with Crippen molar-refractivity contribution in [3.05, 3.63) is 95.3 Å². The van der Waals surface area contributed by atoms with Crippen LogP contribution in [-0.2, 0) is 6.42 Å². The maximum Gasteiger partial charge on any atom is 0.167 e. The lowest BCUT2D eigenvalue weighted by Crippen LogP contribution is -2.24. The molecule has 4 nitrogen and oxygen atoms in total. The number of hydrogen-bond donors (Lipinski definition) is 2. The van der Waals surface area contributed by atoms with E-state index in [-0.39, 0.29) is 18.0 Å². The minimum Gasteiger partial charge on any atom is -0.492 e. The van der Waals surface area contributed by atoms with Crippen LogP contribution >= 0.6 is 0 Å². The Balaban J connectivity index is 1.19. The molecule has 0 heterocycles. The summed E-state index contributed by atoms with van der Waals surface area (Å²) in [6.07, 6.45) is 1.35. The van der Waals surface area contributed by atoms with Gasteiger partial charge in [0.25, 0.3) is 0 Å². The first kappa shape index (κ1) is 20.1. The molecular formula is C25H25FN2O2. The van der Waals surface area contributed by atoms with Gasteiger partial charge in [0, 0.05) is 36.2 Å². The SMILES string of the molecule is Nc1ccccc1CC(=O)c1ccc(OCCNC2CC2c2ccc(F)cc2)cc1. The zero-order valence-electron chi connectivity index (χ0n) is 16.7. The van der Waals surface area contributed by atoms with Crippen LogP contribution in [0.3, 0.4) is 0 Å². The summed E-state index contributed by atoms with van der Waals surface area (Å²) in [6.45, 7) is 1.27. The first-order valence-electron chi connectivity index (χ1n) is 10.2. The summed E-state index contributed by atoms with van der Waals surface area (Å²) in [7, 11) is 0. The van der Waals surface area contributed by atoms with Gasteiger partial charge in [-0.3, -0.25) is 4.79 Å². The molecule has 5 heteroatoms. The van der Waals surface area contributed by atoms with Crippen LogP contribution in [0, 0.1) is 5.82 Å². The molecule has 0 radical (unpaired) electrons. The summed E-state index contributed by atoms with van der Waals surface area (Å²) in [6, 6.07) is 21.8. The minimum absolute atomic E-state index is 0.0293. The van der Waals surface area contributed by atoms with Crippen molar-refractivity contribution < 1.29 is 13.9 Å². The van der Waals surface area contributed by atoms with Crippen LogP contribution in [0.15, 0.2) is 72.8 Å². The van der Waals surface area contributed by atoms with E-state index < -0.39 is 0 Å². The van der Waals surface area contributed by atoms with Crippen LogP contribution in [-0.4, -0.2) is 25.0 Å². The predicted molar refractivity (Wildman–Crippen MR) is 116 cm³/mol. The monoisotopic (exact) mass is 404 g/mol. The second-order valence-electron chi connectivity index (χ2n) is 7.63. The van der Waals surface area contributed by atoms with Crippen molar-refractivity contribution in [1.29, 1.82) is 0 Å². The smallest absolute Gasteiger partial charge is 0.167 e. The number of ether oxygens (including phenoxy) is 1. The molecule has 0 spiro atoms. The molecule has 0 amide bonds. The van der Waals surface area contributed by atoms with Crippen LogP contribution in [0.4, 0.5) is 10.1 Å². The Morgan fingerprint density at radius 3 is 2.50 bits per heavy atom. The third kappa shape index (κ3) is 5.05. The standard InChI is InChI=1S/C25H25FN2O2/c26-20-9-5-17(6-10-20)22-16-24(22)28-13-14-30-21-11-7-18(8-12-21)25(29)15-19-3-1-2-4-23(19)27/h1-12,22,24,28H,13-16,27H2. The Bertz CT molecular complexity index is 1000. The number of nitrogens with two attached hydrogens (primary N) is 1. The number of anilines is 1. The van der Waals surface area contributed by atoms with Gasteiger partial charge in [0.2, 0.25) is 0 Å². The molecule has 0 aromatic heterocycles. The highest BCUT2D eigenvalue weighted by Crippen LogP contribution is 2.40. The Labute approximate surface area is 175 Å². The second-order valence-corrected chi connectivity index (χ2v) is 7.63. The van der Waals surface area contributed by atoms with Crippen molar-refractivity contribution in [2.24, 2.45) is 0 Å². The molecule has 2 atom stereocenters. The van der Waals surface area contributed by atoms with Crippen molar-refractivity contribution in [2.75, 3.05) is 18.9 Å². The van der Waals surface area contributed by atoms with E-state index in [9.17, 15) is 9.18 Å². The average Bonchev–Trinajstić information content (AvgIpc) is 3.53. The van der Waals surface area contributed by atoms with Gasteiger partial charge in [0.05, 0.1) is 0 Å². The molecule has 3 N–H and O–H groups in total. The Hall–Kier alpha value is -3.18. The molecule has 1 aliphatic carbocycles. The molecule has 0 bridgehead atoms. The van der Waals surface area contributed by atoms with Crippen molar-refractivity contribution in [3.8, 4) is 5.75 Å². The first-order chi connectivity index (χ1) is 14.6. The van der Waals surface area contributed by atoms with Gasteiger partial charge >= 0.3 is 0 Å². The van der Waals surface area contributed by atoms with Gasteiger partial charge in [-0.15, -0.1) is 0 Å². The van der Waals surface area contributed by atoms with Gasteiger partial charge < -0.3 is 15.8 Å². The van der Waals surface area contributed by atoms with Gasteiger partial charge in [0.15, 0.2) is 5.78 Å². The van der Waals surface area contributed by atoms with E-state index in [1.807, 2.05) is 42.5 Å². The summed E-state index contributed by atoms with van der Waals surface area (Å²) in [5.41, 5.74) is 9.21. The maximum atomic E-state index is 13.0. The Kier molecular flexibility index (Phi) is 6.10. The van der Waals surface area contributed by atoms with Gasteiger partial charge in [-0.05, 0) is 60.0 Å². The number of ketones is 1. The number of Topliss-reactive ketones (excluding diaryl/α,β-unsaturated/α-hetero) is 1. The molecule has 30 heavy (non-hydrogen) atoms. The molecule has 4 rings (SSSR count). The van der Waals surface area contributed by atoms with E-state index in [1.54, 1.807) is 18.2 Å². The molecule has 154 valence electrons. The molecule has 0 aliphatic heterocycles. The minimum atomic E-state index is -0.200. The summed E-state index contributed by atoms with van der Waals surface area (Å²) in [5.74, 6) is 1.02. The number of halogens is 1. The van der Waals surface area contributed by atoms with Crippen molar-refractivity contribution in [1.82, 2.24) is 5.32 Å². The normalized spacial score (nSPS) is 17.5. The van der Waals surface area contributed by atoms with Crippen molar-refractivity contribution in [2.45, 2.75) is 24.8 Å². The van der Waals surface area contributed by atoms with Gasteiger partial charge in [-0.25, -0.2) is 4.39 Å². The van der Waals surface area contributed by atoms with Gasteiger partial charge in [-0.2, -0.15) is 0 Å². The highest BCUT2D eigenvalue weighted by Gasteiger charge is 2.37. The molecule has 3 aromatic carbocycles. The summed E-state index contributed by atoms with van der Waals surface area (Å²) < 4.78 is 18.8. The van der Waals surface area contributed by atoms with E-state index in [0.717, 1.165) is 24.3 Å². The fraction of sp³-hybridized carbons (Fsp3) is 0.240. The van der Waals surface area contributed by atoms with E-state index in [2.05, 4.69) is 5.32 Å². The Morgan fingerprint density at radius 2 is 1.77 bits per heavy atom. The van der Waals surface area contributed by atoms with E-state index >= 15 is 0 Å². The second kappa shape index (κ2) is 9.09. The van der Waals surface area contributed by atoms with Gasteiger partial charge in [0.1, 0.15) is 18.2 Å². The third-order valence-corrected chi connectivity index (χ3v) is 5.45. The molecule has 0 saturated heterocycles. The van der Waals surface area contributed by atoms with Crippen LogP contribution in [0.2, 0.25) is 0 Å². The summed E-state index contributed by atoms with van der Waals surface area (Å²) in [5, 5.41) is 3.47. The summed E-state index contributed by atoms with van der Waals surface area (Å²) in [4.78, 5) is 12.5. The Morgan fingerprint density at radius 1 is 1.03 bits per heavy atom. The average molecular weight is 404 g/mol. The zero-order valence-corrected chi connectivity index (χ0v) is 16.7. The number of rotatable bonds is 9. The molecule has 1 aliphatic rings. The van der Waals surface area contributed by atoms with Crippen molar-refractivity contribution >= 4 is 11.5 Å². The predicted octanol–water partition coefficient (Wildman–Crippen LogP) is 4.36. The molecule has 1 fully saturated rings. The highest BCUT2D eigenvalue weighted by molar-refractivity contribution is 5.98. The number of carbonyl (C=O) groups excluding carboxylic acids is 1. The van der Waals surface area contributed by atoms with E-state index in [0.29, 0.717) is 29.8 Å². The third-order valence-electron chi connectivity index (χ3n) is 5.45. The van der Waals surface area contributed by atoms with Crippen LogP contribution in [0.1, 0.15) is 33.8 Å². The fourth-order valence-electron chi connectivity index (χ4n) is 3.62.